The smallest absolute Gasteiger partial charge is 0.322 e. The molecule has 0 aromatic rings. The van der Waals surface area contributed by atoms with Gasteiger partial charge in [0.15, 0.2) is 0 Å². The van der Waals surface area contributed by atoms with E-state index >= 15 is 0 Å². The van der Waals surface area contributed by atoms with E-state index < -0.39 is 30.9 Å². The summed E-state index contributed by atoms with van der Waals surface area (Å²) in [6.45, 7) is -0.0195. The minimum atomic E-state index is -4.14. The lowest BCUT2D eigenvalue weighted by atomic mass is 10.3. The van der Waals surface area contributed by atoms with Crippen LogP contribution in [0.1, 0.15) is 6.92 Å². The Labute approximate surface area is 78.4 Å². The van der Waals surface area contributed by atoms with Crippen LogP contribution >= 0.6 is 0 Å². The number of hydrogen-bond donors (Lipinski definition) is 1. The van der Waals surface area contributed by atoms with Gasteiger partial charge in [0.05, 0.1) is 13.7 Å². The summed E-state index contributed by atoms with van der Waals surface area (Å²) >= 11 is 0. The fourth-order valence-electron chi connectivity index (χ4n) is 0.626. The second-order valence-electron chi connectivity index (χ2n) is 2.69. The number of hydrogen-bond acceptors (Lipinski definition) is 3. The lowest BCUT2D eigenvalue weighted by molar-refractivity contribution is -0.145. The van der Waals surface area contributed by atoms with Crippen molar-refractivity contribution in [1.82, 2.24) is 5.32 Å². The van der Waals surface area contributed by atoms with E-state index in [-0.39, 0.29) is 0 Å². The van der Waals surface area contributed by atoms with Crippen LogP contribution in [-0.4, -0.2) is 38.0 Å². The molecule has 1 atom stereocenters. The molecule has 84 valence electrons. The van der Waals surface area contributed by atoms with Crippen molar-refractivity contribution < 1.29 is 27.1 Å². The van der Waals surface area contributed by atoms with E-state index in [1.165, 1.54) is 6.92 Å². The summed E-state index contributed by atoms with van der Waals surface area (Å²) in [5, 5.41) is 1.95. The molecule has 0 aromatic heterocycles. The van der Waals surface area contributed by atoms with Crippen molar-refractivity contribution in [2.75, 3.05) is 13.7 Å². The summed E-state index contributed by atoms with van der Waals surface area (Å²) < 4.78 is 52.1. The first-order valence-electron chi connectivity index (χ1n) is 3.78. The van der Waals surface area contributed by atoms with Gasteiger partial charge in [0.2, 0.25) is 0 Å². The van der Waals surface area contributed by atoms with Gasteiger partial charge in [0.25, 0.3) is 0 Å². The van der Waals surface area contributed by atoms with E-state index in [1.807, 2.05) is 5.32 Å². The van der Waals surface area contributed by atoms with Crippen molar-refractivity contribution in [2.45, 2.75) is 25.3 Å². The number of rotatable bonds is 5. The van der Waals surface area contributed by atoms with Gasteiger partial charge in [0.1, 0.15) is 6.04 Å². The summed E-state index contributed by atoms with van der Waals surface area (Å²) in [4.78, 5) is 10.7. The van der Waals surface area contributed by atoms with Crippen molar-refractivity contribution >= 4 is 5.97 Å². The summed E-state index contributed by atoms with van der Waals surface area (Å²) in [7, 11) is 1.08. The molecule has 0 bridgehead atoms. The molecular formula is C7H11F4NO2. The van der Waals surface area contributed by atoms with Gasteiger partial charge in [0, 0.05) is 0 Å². The maximum absolute atomic E-state index is 12.3. The summed E-state index contributed by atoms with van der Waals surface area (Å²) in [5.41, 5.74) is 0. The van der Waals surface area contributed by atoms with E-state index in [0.29, 0.717) is 0 Å². The van der Waals surface area contributed by atoms with Gasteiger partial charge in [-0.3, -0.25) is 10.1 Å². The number of halogens is 4. The molecule has 14 heavy (non-hydrogen) atoms. The number of carbonyl (C=O) groups excluding carboxylic acids is 1. The zero-order valence-electron chi connectivity index (χ0n) is 7.69. The Morgan fingerprint density at radius 2 is 2.00 bits per heavy atom. The minimum Gasteiger partial charge on any atom is -0.468 e. The van der Waals surface area contributed by atoms with Crippen LogP contribution in [0, 0.1) is 0 Å². The molecule has 7 heteroatoms. The van der Waals surface area contributed by atoms with Crippen molar-refractivity contribution in [3.05, 3.63) is 0 Å². The highest BCUT2D eigenvalue weighted by Gasteiger charge is 2.40. The van der Waals surface area contributed by atoms with Crippen LogP contribution < -0.4 is 5.32 Å². The molecule has 0 aliphatic heterocycles. The van der Waals surface area contributed by atoms with Crippen molar-refractivity contribution in [3.8, 4) is 0 Å². The van der Waals surface area contributed by atoms with Gasteiger partial charge in [-0.2, -0.15) is 8.78 Å². The second-order valence-corrected chi connectivity index (χ2v) is 2.69. The quantitative estimate of drug-likeness (QED) is 0.552. The third-order valence-corrected chi connectivity index (χ3v) is 1.52. The highest BCUT2D eigenvalue weighted by Crippen LogP contribution is 2.21. The van der Waals surface area contributed by atoms with Crippen LogP contribution in [0.5, 0.6) is 0 Å². The van der Waals surface area contributed by atoms with Crippen molar-refractivity contribution in [1.29, 1.82) is 0 Å². The van der Waals surface area contributed by atoms with E-state index in [9.17, 15) is 22.4 Å². The predicted octanol–water partition coefficient (Wildman–Crippen LogP) is 1.04. The predicted molar refractivity (Wildman–Crippen MR) is 40.4 cm³/mol. The maximum atomic E-state index is 12.3. The van der Waals surface area contributed by atoms with Crippen LogP contribution in [0.3, 0.4) is 0 Å². The Bertz CT molecular complexity index is 198. The first-order chi connectivity index (χ1) is 6.31. The molecule has 0 saturated heterocycles. The molecule has 0 heterocycles. The Morgan fingerprint density at radius 1 is 1.50 bits per heavy atom. The lowest BCUT2D eigenvalue weighted by Gasteiger charge is -2.18. The maximum Gasteiger partial charge on any atom is 0.322 e. The molecule has 0 radical (unpaired) electrons. The van der Waals surface area contributed by atoms with Gasteiger partial charge in [-0.15, -0.1) is 0 Å². The third kappa shape index (κ3) is 3.91. The number of nitrogens with one attached hydrogen (secondary N) is 1. The molecule has 3 nitrogen and oxygen atoms in total. The van der Waals surface area contributed by atoms with Gasteiger partial charge in [-0.25, -0.2) is 8.78 Å². The van der Waals surface area contributed by atoms with Crippen LogP contribution in [-0.2, 0) is 9.53 Å². The molecule has 0 amide bonds. The average Bonchev–Trinajstić information content (AvgIpc) is 2.12. The first kappa shape index (κ1) is 13.2. The molecule has 0 rings (SSSR count). The van der Waals surface area contributed by atoms with Crippen molar-refractivity contribution in [2.24, 2.45) is 0 Å². The molecular weight excluding hydrogens is 206 g/mol. The minimum absolute atomic E-state index is 0.782. The van der Waals surface area contributed by atoms with Crippen LogP contribution in [0.25, 0.3) is 0 Å². The van der Waals surface area contributed by atoms with Gasteiger partial charge in [-0.1, -0.05) is 0 Å². The normalized spacial score (nSPS) is 14.2. The molecule has 0 saturated carbocycles. The Morgan fingerprint density at radius 3 is 2.36 bits per heavy atom. The highest BCUT2D eigenvalue weighted by molar-refractivity contribution is 5.75. The van der Waals surface area contributed by atoms with Gasteiger partial charge in [-0.05, 0) is 6.92 Å². The fourth-order valence-corrected chi connectivity index (χ4v) is 0.626. The van der Waals surface area contributed by atoms with Crippen LogP contribution in [0.2, 0.25) is 0 Å². The van der Waals surface area contributed by atoms with Crippen LogP contribution in [0.15, 0.2) is 0 Å². The van der Waals surface area contributed by atoms with Gasteiger partial charge < -0.3 is 4.74 Å². The number of esters is 1. The Kier molecular flexibility index (Phi) is 4.82. The monoisotopic (exact) mass is 217 g/mol. The van der Waals surface area contributed by atoms with Crippen molar-refractivity contribution in [3.63, 3.8) is 0 Å². The fraction of sp³-hybridized carbons (Fsp3) is 0.857. The first-order valence-corrected chi connectivity index (χ1v) is 3.78. The zero-order valence-corrected chi connectivity index (χ0v) is 7.69. The summed E-state index contributed by atoms with van der Waals surface area (Å²) in [6, 6.07) is -1.04. The number of carbonyl (C=O) groups is 1. The molecule has 0 aliphatic rings. The average molecular weight is 217 g/mol. The molecule has 0 aromatic carbocycles. The molecule has 0 spiro atoms. The standard InChI is InChI=1S/C7H11F4NO2/c1-4(5(13)14-2)12-3-7(10,11)6(8)9/h4,6,12H,3H2,1-2H3. The lowest BCUT2D eigenvalue weighted by Crippen LogP contribution is -2.45. The summed E-state index contributed by atoms with van der Waals surface area (Å²) in [6.07, 6.45) is -3.75. The third-order valence-electron chi connectivity index (χ3n) is 1.52. The Hall–Kier alpha value is -0.850. The zero-order chi connectivity index (χ0) is 11.4. The largest absolute Gasteiger partial charge is 0.468 e. The molecule has 1 N–H and O–H groups in total. The summed E-state index contributed by atoms with van der Waals surface area (Å²) in [5.74, 6) is -4.92. The second kappa shape index (κ2) is 5.14. The number of ether oxygens (including phenoxy) is 1. The van der Waals surface area contributed by atoms with Gasteiger partial charge >= 0.3 is 18.3 Å². The topological polar surface area (TPSA) is 38.3 Å². The van der Waals surface area contributed by atoms with E-state index in [4.69, 9.17) is 0 Å². The van der Waals surface area contributed by atoms with Crippen LogP contribution in [0.4, 0.5) is 17.6 Å². The number of alkyl halides is 4. The Balaban J connectivity index is 3.99. The molecule has 0 fully saturated rings. The number of methoxy groups -OCH3 is 1. The van der Waals surface area contributed by atoms with E-state index in [1.54, 1.807) is 0 Å². The highest BCUT2D eigenvalue weighted by atomic mass is 19.3. The van der Waals surface area contributed by atoms with E-state index in [0.717, 1.165) is 7.11 Å². The molecule has 1 unspecified atom stereocenters. The SMILES string of the molecule is COC(=O)C(C)NCC(F)(F)C(F)F. The molecule has 0 aliphatic carbocycles. The van der Waals surface area contributed by atoms with E-state index in [2.05, 4.69) is 4.74 Å².